The van der Waals surface area contributed by atoms with Gasteiger partial charge in [0, 0.05) is 63.3 Å². The molecular weight excluding hydrogens is 1680 g/mol. The SMILES string of the molecule is COCCN(CCOC)C(=O)c1cc(C)ccc1C.COCCOCc1cc(C)ccc1C.COc1cc(C)c(OC)cc1C.COc1cc(C)cc(C)c1.COc1cc(C)ccc1C.COc1ccc(C)cc1C.Cc1cc(C#N)c(C)cc1C#N.Cc1cc(C)c(C)cc1C.Cc1ccc(-c2ccc(C)cc2)cc1.Cc1ccc(C)c(C)c1.Cc1ccc(C)nc1.Cc1cccc(C)n1. The summed E-state index contributed by atoms with van der Waals surface area (Å²) < 4.78 is 46.1. The van der Waals surface area contributed by atoms with Crippen LogP contribution in [0.4, 0.5) is 0 Å². The molecule has 0 saturated heterocycles. The van der Waals surface area contributed by atoms with Crippen LogP contribution in [0.3, 0.4) is 0 Å². The largest absolute Gasteiger partial charge is 0.497 e. The van der Waals surface area contributed by atoms with Crippen LogP contribution < -0.4 is 23.7 Å². The third-order valence-electron chi connectivity index (χ3n) is 21.8. The molecule has 15 nitrogen and oxygen atoms in total. The lowest BCUT2D eigenvalue weighted by atomic mass is 10.0. The van der Waals surface area contributed by atoms with Crippen LogP contribution in [0.15, 0.2) is 231 Å². The Morgan fingerprint density at radius 2 is 0.662 bits per heavy atom. The highest BCUT2D eigenvalue weighted by Gasteiger charge is 2.18. The highest BCUT2D eigenvalue weighted by Crippen LogP contribution is 2.28. The molecule has 0 aliphatic heterocycles. The molecule has 13 aromatic rings. The van der Waals surface area contributed by atoms with Crippen LogP contribution in [-0.4, -0.2) is 117 Å². The van der Waals surface area contributed by atoms with E-state index >= 15 is 0 Å². The summed E-state index contributed by atoms with van der Waals surface area (Å²) in [6.45, 7) is 59.6. The Bertz CT molecular complexity index is 5580. The lowest BCUT2D eigenvalue weighted by Crippen LogP contribution is -2.36. The first kappa shape index (κ1) is 119. The summed E-state index contributed by atoms with van der Waals surface area (Å²) in [7, 11) is 13.4. The average Bonchev–Trinajstić information content (AvgIpc) is 0.853. The Balaban J connectivity index is 0.000000506. The number of carbonyl (C=O) groups excluding carboxylic acids is 1. The summed E-state index contributed by atoms with van der Waals surface area (Å²) in [4.78, 5) is 22.6. The van der Waals surface area contributed by atoms with Crippen molar-refractivity contribution in [1.82, 2.24) is 14.9 Å². The van der Waals surface area contributed by atoms with Gasteiger partial charge in [-0.15, -0.1) is 0 Å². The van der Waals surface area contributed by atoms with Gasteiger partial charge in [0.2, 0.25) is 0 Å². The van der Waals surface area contributed by atoms with Crippen LogP contribution in [0.5, 0.6) is 28.7 Å². The van der Waals surface area contributed by atoms with Gasteiger partial charge >= 0.3 is 0 Å². The maximum atomic E-state index is 12.5. The minimum atomic E-state index is 0.0373. The second-order valence-corrected chi connectivity index (χ2v) is 34.3. The number of rotatable bonds is 18. The summed E-state index contributed by atoms with van der Waals surface area (Å²) >= 11 is 0. The zero-order chi connectivity index (χ0) is 102. The van der Waals surface area contributed by atoms with Gasteiger partial charge in [-0.1, -0.05) is 185 Å². The number of hydrogen-bond donors (Lipinski definition) is 0. The molecule has 0 spiro atoms. The van der Waals surface area contributed by atoms with Crippen LogP contribution in [-0.2, 0) is 25.6 Å². The van der Waals surface area contributed by atoms with Crippen molar-refractivity contribution in [3.63, 3.8) is 0 Å². The van der Waals surface area contributed by atoms with Crippen LogP contribution in [0.2, 0.25) is 0 Å². The predicted octanol–water partition coefficient (Wildman–Crippen LogP) is 28.7. The number of methoxy groups -OCH3 is 8. The zero-order valence-corrected chi connectivity index (χ0v) is 88.7. The van der Waals surface area contributed by atoms with E-state index in [0.29, 0.717) is 57.3 Å². The molecule has 0 fully saturated rings. The summed E-state index contributed by atoms with van der Waals surface area (Å²) in [5.74, 6) is 4.74. The first-order chi connectivity index (χ1) is 64.5. The molecule has 0 radical (unpaired) electrons. The van der Waals surface area contributed by atoms with E-state index in [-0.39, 0.29) is 5.91 Å². The molecule has 0 bridgehead atoms. The van der Waals surface area contributed by atoms with Crippen molar-refractivity contribution in [3.8, 4) is 52.0 Å². The van der Waals surface area contributed by atoms with E-state index in [2.05, 4.69) is 253 Å². The van der Waals surface area contributed by atoms with Gasteiger partial charge in [-0.05, 0) is 377 Å². The van der Waals surface area contributed by atoms with E-state index in [0.717, 1.165) is 84.8 Å². The van der Waals surface area contributed by atoms with Crippen molar-refractivity contribution < 1.29 is 47.4 Å². The monoisotopic (exact) mass is 1840 g/mol. The number of pyridine rings is 2. The highest BCUT2D eigenvalue weighted by atomic mass is 16.5. The molecular formula is C121H157N5O10. The Kier molecular flexibility index (Phi) is 57.5. The van der Waals surface area contributed by atoms with Crippen LogP contribution in [0, 0.1) is 210 Å². The van der Waals surface area contributed by atoms with Crippen molar-refractivity contribution in [1.29, 1.82) is 10.5 Å². The normalized spacial score (nSPS) is 9.77. The molecule has 1 amide bonds. The second-order valence-electron chi connectivity index (χ2n) is 34.3. The standard InChI is InChI=1S/C15H23NO3.C14H14.C12H18O2.C10H8N2.C10H14O2.C10H14.3C9H12O.C9H12.2C7H9N/c1-12-5-6-13(2)14(11-12)15(17)16(7-9-18-3)8-10-19-4;1-11-3-7-13(8-4-11)14-9-5-12(2)6-10-14;1-10-4-5-11(2)12(8-10)9-14-7-6-13-3;1-7-3-10(6-12)8(2)4-9(7)5-11;1-7-5-10(12-4)8(2)6-9(7)11-3;1-7-5-9(3)10(4)6-8(7)2;1-7-4-8(2)6-9(5-7)10-3;1-7-4-5-9(10-3)8(2)6-7;1-7-4-5-8(2)9(6-7)10-3;1-7-4-5-8(2)9(3)6-7;1-6-3-4-7(2)8-5-6;1-6-4-3-5-7(2)8-6/h5-6,11H,7-10H2,1-4H3;3-10H,1-2H3;4-5,8H,6-7,9H2,1-3H3;3-4H,1-2H3;5-6H,1-4H3;5-6H,1-4H3;3*4-6H,1-3H3;4-6H,1-3H3;2*3-5H,1-2H3. The molecule has 0 atom stereocenters. The Labute approximate surface area is 819 Å². The minimum Gasteiger partial charge on any atom is -0.497 e. The number of hydrogen-bond acceptors (Lipinski definition) is 14. The second kappa shape index (κ2) is 65.6. The molecule has 11 aromatic carbocycles. The molecule has 13 rings (SSSR count). The van der Waals surface area contributed by atoms with E-state index in [1.54, 1.807) is 73.9 Å². The summed E-state index contributed by atoms with van der Waals surface area (Å²) in [5, 5.41) is 17.3. The number of aromatic nitrogens is 2. The van der Waals surface area contributed by atoms with E-state index in [4.69, 9.17) is 53.2 Å². The van der Waals surface area contributed by atoms with E-state index in [1.165, 1.54) is 117 Å². The van der Waals surface area contributed by atoms with Crippen molar-refractivity contribution in [2.45, 2.75) is 194 Å². The predicted molar refractivity (Wildman–Crippen MR) is 570 cm³/mol. The summed E-state index contributed by atoms with van der Waals surface area (Å²) in [5.41, 5.74) is 38.6. The van der Waals surface area contributed by atoms with Crippen LogP contribution >= 0.6 is 0 Å². The number of carbonyl (C=O) groups is 1. The number of nitrogens with zero attached hydrogens (tertiary/aromatic N) is 5. The smallest absolute Gasteiger partial charge is 0.254 e. The topological polar surface area (TPSA) is 177 Å². The number of ether oxygens (including phenoxy) is 9. The third kappa shape index (κ3) is 47.3. The lowest BCUT2D eigenvalue weighted by molar-refractivity contribution is 0.0614. The van der Waals surface area contributed by atoms with Gasteiger partial charge in [0.15, 0.2) is 0 Å². The minimum absolute atomic E-state index is 0.0373. The molecule has 2 heterocycles. The maximum Gasteiger partial charge on any atom is 0.254 e. The molecule has 0 unspecified atom stereocenters. The molecule has 726 valence electrons. The molecule has 0 saturated carbocycles. The van der Waals surface area contributed by atoms with E-state index in [1.807, 2.05) is 174 Å². The van der Waals surface area contributed by atoms with Crippen molar-refractivity contribution in [3.05, 3.63) is 404 Å². The first-order valence-electron chi connectivity index (χ1n) is 46.0. The zero-order valence-electron chi connectivity index (χ0n) is 88.7. The van der Waals surface area contributed by atoms with Crippen molar-refractivity contribution >= 4 is 5.91 Å². The van der Waals surface area contributed by atoms with Crippen molar-refractivity contribution in [2.24, 2.45) is 0 Å². The molecule has 0 N–H and O–H groups in total. The Morgan fingerprint density at radius 3 is 1.04 bits per heavy atom. The molecule has 15 heteroatoms. The van der Waals surface area contributed by atoms with Gasteiger partial charge in [0.05, 0.1) is 91.8 Å². The average molecular weight is 1840 g/mol. The lowest BCUT2D eigenvalue weighted by Gasteiger charge is -2.23. The maximum absolute atomic E-state index is 12.5. The first-order valence-corrected chi connectivity index (χ1v) is 46.0. The van der Waals surface area contributed by atoms with Crippen molar-refractivity contribution in [2.75, 3.05) is 96.4 Å². The van der Waals surface area contributed by atoms with Crippen LogP contribution in [0.25, 0.3) is 11.1 Å². The highest BCUT2D eigenvalue weighted by molar-refractivity contribution is 5.96. The summed E-state index contributed by atoms with van der Waals surface area (Å²) in [6.07, 6.45) is 1.87. The molecule has 136 heavy (non-hydrogen) atoms. The molecule has 2 aromatic heterocycles. The number of benzene rings is 11. The van der Waals surface area contributed by atoms with Gasteiger partial charge in [-0.2, -0.15) is 10.5 Å². The number of aryl methyl sites for hydroxylation is 27. The summed E-state index contributed by atoms with van der Waals surface area (Å²) in [6, 6.07) is 80.8. The fourth-order valence-electron chi connectivity index (χ4n) is 13.1. The van der Waals surface area contributed by atoms with Gasteiger partial charge < -0.3 is 47.5 Å². The fraction of sp³-hybridized carbons (Fsp3) is 0.347. The van der Waals surface area contributed by atoms with Gasteiger partial charge in [0.25, 0.3) is 5.91 Å². The fourth-order valence-corrected chi connectivity index (χ4v) is 13.1. The van der Waals surface area contributed by atoms with E-state index in [9.17, 15) is 4.79 Å². The molecule has 0 aliphatic rings. The van der Waals surface area contributed by atoms with Gasteiger partial charge in [-0.25, -0.2) is 0 Å². The molecule has 0 aliphatic carbocycles. The van der Waals surface area contributed by atoms with Crippen LogP contribution in [0.1, 0.15) is 178 Å². The Hall–Kier alpha value is -13.0. The Morgan fingerprint density at radius 1 is 0.287 bits per heavy atom. The number of amides is 1. The van der Waals surface area contributed by atoms with Gasteiger partial charge in [0.1, 0.15) is 28.7 Å². The van der Waals surface area contributed by atoms with E-state index < -0.39 is 0 Å². The third-order valence-corrected chi connectivity index (χ3v) is 21.8. The quantitative estimate of drug-likeness (QED) is 0.0741. The van der Waals surface area contributed by atoms with Gasteiger partial charge in [-0.3, -0.25) is 14.8 Å². The number of nitriles is 2.